The van der Waals surface area contributed by atoms with Gasteiger partial charge in [-0.1, -0.05) is 57.5 Å². The average molecular weight is 570 g/mol. The van der Waals surface area contributed by atoms with Crippen LogP contribution in [0.15, 0.2) is 34.7 Å². The first-order chi connectivity index (χ1) is 13.4. The number of fused-ring (bicyclic) bond motifs is 1. The molecule has 0 atom stereocenters. The molecular formula is C22H22FIrN4O-. The number of halogens is 1. The summed E-state index contributed by atoms with van der Waals surface area (Å²) in [6.45, 7) is 10.5. The minimum absolute atomic E-state index is 0. The Balaban J connectivity index is 0.00000240. The minimum Gasteiger partial charge on any atom is -0.436 e. The summed E-state index contributed by atoms with van der Waals surface area (Å²) >= 11 is 0. The zero-order valence-electron chi connectivity index (χ0n) is 16.9. The van der Waals surface area contributed by atoms with Crippen LogP contribution in [-0.2, 0) is 20.1 Å². The van der Waals surface area contributed by atoms with Gasteiger partial charge in [0.15, 0.2) is 0 Å². The second-order valence-electron chi connectivity index (χ2n) is 7.52. The van der Waals surface area contributed by atoms with E-state index in [1.165, 1.54) is 11.1 Å². The van der Waals surface area contributed by atoms with E-state index in [0.717, 1.165) is 5.69 Å². The first kappa shape index (κ1) is 21.3. The maximum atomic E-state index is 13.7. The van der Waals surface area contributed by atoms with Gasteiger partial charge in [-0.15, -0.1) is 16.5 Å². The van der Waals surface area contributed by atoms with Gasteiger partial charge in [-0.3, -0.25) is 9.67 Å². The summed E-state index contributed by atoms with van der Waals surface area (Å²) < 4.78 is 20.5. The van der Waals surface area contributed by atoms with Crippen LogP contribution in [0.25, 0.3) is 28.2 Å². The molecule has 5 nitrogen and oxygen atoms in total. The molecule has 2 aromatic heterocycles. The molecule has 0 fully saturated rings. The van der Waals surface area contributed by atoms with Crippen molar-refractivity contribution in [3.8, 4) is 17.1 Å². The summed E-state index contributed by atoms with van der Waals surface area (Å²) in [5.41, 5.74) is 4.68. The number of hydrogen-bond acceptors (Lipinski definition) is 4. The van der Waals surface area contributed by atoms with Crippen molar-refractivity contribution in [2.75, 3.05) is 0 Å². The van der Waals surface area contributed by atoms with Gasteiger partial charge in [0.05, 0.1) is 17.1 Å². The van der Waals surface area contributed by atoms with Crippen LogP contribution in [0, 0.1) is 19.1 Å². The van der Waals surface area contributed by atoms with Gasteiger partial charge >= 0.3 is 6.14 Å². The van der Waals surface area contributed by atoms with E-state index in [4.69, 9.17) is 9.52 Å². The van der Waals surface area contributed by atoms with Crippen molar-refractivity contribution in [2.24, 2.45) is 0 Å². The summed E-state index contributed by atoms with van der Waals surface area (Å²) in [6, 6.07) is 12.8. The fourth-order valence-electron chi connectivity index (χ4n) is 3.53. The summed E-state index contributed by atoms with van der Waals surface area (Å²) in [4.78, 5) is 8.54. The van der Waals surface area contributed by atoms with Gasteiger partial charge in [0, 0.05) is 25.6 Å². The maximum absolute atomic E-state index is 13.7. The van der Waals surface area contributed by atoms with Crippen molar-refractivity contribution in [1.29, 1.82) is 0 Å². The van der Waals surface area contributed by atoms with Crippen molar-refractivity contribution < 1.29 is 28.9 Å². The summed E-state index contributed by atoms with van der Waals surface area (Å²) in [7, 11) is 0. The average Bonchev–Trinajstić information content (AvgIpc) is 3.22. The zero-order valence-corrected chi connectivity index (χ0v) is 19.3. The van der Waals surface area contributed by atoms with E-state index in [9.17, 15) is 4.39 Å². The van der Waals surface area contributed by atoms with Crippen LogP contribution < -0.4 is 0 Å². The van der Waals surface area contributed by atoms with Crippen LogP contribution in [0.2, 0.25) is 0 Å². The number of para-hydroxylation sites is 1. The number of hydrogen-bond donors (Lipinski definition) is 0. The van der Waals surface area contributed by atoms with Crippen molar-refractivity contribution in [1.82, 2.24) is 19.7 Å². The molecule has 0 saturated heterocycles. The minimum atomic E-state index is -0.871. The smallest absolute Gasteiger partial charge is 0.371 e. The Labute approximate surface area is 182 Å². The Bertz CT molecular complexity index is 1140. The number of benzene rings is 2. The monoisotopic (exact) mass is 570 g/mol. The molecule has 0 aliphatic heterocycles. The van der Waals surface area contributed by atoms with E-state index in [0.29, 0.717) is 40.1 Å². The third-order valence-corrected chi connectivity index (χ3v) is 4.82. The molecule has 0 aliphatic rings. The predicted octanol–water partition coefficient (Wildman–Crippen LogP) is 5.57. The molecule has 153 valence electrons. The molecule has 7 heteroatoms. The molecule has 1 radical (unpaired) electrons. The van der Waals surface area contributed by atoms with E-state index in [2.05, 4.69) is 61.9 Å². The quantitative estimate of drug-likeness (QED) is 0.302. The summed E-state index contributed by atoms with van der Waals surface area (Å²) in [5.74, 6) is 1.80. The molecule has 2 heterocycles. The fraction of sp³-hybridized carbons (Fsp3) is 0.318. The fourth-order valence-corrected chi connectivity index (χ4v) is 3.53. The van der Waals surface area contributed by atoms with Crippen molar-refractivity contribution in [2.45, 2.75) is 46.5 Å². The van der Waals surface area contributed by atoms with Crippen LogP contribution in [0.4, 0.5) is 4.39 Å². The van der Waals surface area contributed by atoms with E-state index >= 15 is 0 Å². The van der Waals surface area contributed by atoms with Gasteiger partial charge in [-0.2, -0.15) is 5.10 Å². The van der Waals surface area contributed by atoms with Crippen LogP contribution >= 0.6 is 0 Å². The van der Waals surface area contributed by atoms with Crippen LogP contribution in [0.3, 0.4) is 0 Å². The normalized spacial score (nSPS) is 11.4. The number of rotatable bonds is 4. The first-order valence-corrected chi connectivity index (χ1v) is 9.40. The molecule has 0 N–H and O–H groups in total. The molecule has 0 unspecified atom stereocenters. The van der Waals surface area contributed by atoms with Gasteiger partial charge in [-0.25, -0.2) is 4.98 Å². The first-order valence-electron chi connectivity index (χ1n) is 9.40. The Kier molecular flexibility index (Phi) is 6.01. The number of oxazole rings is 1. The van der Waals surface area contributed by atoms with Gasteiger partial charge in [0.1, 0.15) is 5.82 Å². The van der Waals surface area contributed by atoms with Crippen LogP contribution in [0.1, 0.15) is 56.5 Å². The van der Waals surface area contributed by atoms with Crippen molar-refractivity contribution in [3.63, 3.8) is 0 Å². The molecule has 0 saturated carbocycles. The van der Waals surface area contributed by atoms with Crippen molar-refractivity contribution >= 4 is 11.1 Å². The Hall–Kier alpha value is -2.37. The van der Waals surface area contributed by atoms with E-state index in [-0.39, 0.29) is 20.1 Å². The second kappa shape index (κ2) is 8.17. The molecule has 4 rings (SSSR count). The Morgan fingerprint density at radius 3 is 2.31 bits per heavy atom. The van der Waals surface area contributed by atoms with Crippen LogP contribution in [-0.4, -0.2) is 19.7 Å². The second-order valence-corrected chi connectivity index (χ2v) is 7.52. The standard InChI is InChI=1S/C22H22FN4O.Ir/c1-12(2)15-8-6-9-16(13(3)4)20(15)27-21(24-14(5)26-27)17-10-7-11-18-19(17)25-22(23)28-18;/h6-9,11-13H,1-5H3;/q-1;. The van der Waals surface area contributed by atoms with Crippen molar-refractivity contribution in [3.05, 3.63) is 59.5 Å². The topological polar surface area (TPSA) is 56.7 Å². The van der Waals surface area contributed by atoms with Gasteiger partial charge in [-0.05, 0) is 29.9 Å². The number of nitrogens with zero attached hydrogens (tertiary/aromatic N) is 4. The number of aromatic nitrogens is 4. The molecule has 0 spiro atoms. The molecule has 2 aromatic carbocycles. The van der Waals surface area contributed by atoms with E-state index in [1.807, 2.05) is 11.6 Å². The molecule has 0 amide bonds. The molecule has 4 aromatic rings. The van der Waals surface area contributed by atoms with Gasteiger partial charge < -0.3 is 4.42 Å². The van der Waals surface area contributed by atoms with Gasteiger partial charge in [0.25, 0.3) is 0 Å². The third kappa shape index (κ3) is 3.77. The number of aryl methyl sites for hydroxylation is 1. The summed E-state index contributed by atoms with van der Waals surface area (Å²) in [5, 5.41) is 4.69. The van der Waals surface area contributed by atoms with Crippen LogP contribution in [0.5, 0.6) is 0 Å². The summed E-state index contributed by atoms with van der Waals surface area (Å²) in [6.07, 6.45) is -0.871. The largest absolute Gasteiger partial charge is 0.436 e. The maximum Gasteiger partial charge on any atom is 0.371 e. The zero-order chi connectivity index (χ0) is 20.0. The predicted molar refractivity (Wildman–Crippen MR) is 106 cm³/mol. The molecular weight excluding hydrogens is 547 g/mol. The molecule has 0 bridgehead atoms. The molecule has 29 heavy (non-hydrogen) atoms. The van der Waals surface area contributed by atoms with Gasteiger partial charge in [0.2, 0.25) is 0 Å². The SMILES string of the molecule is Cc1nc(-c2[c-]ccc3oc(F)nc23)n(-c2c(C(C)C)cccc2C(C)C)n1.[Ir]. The Morgan fingerprint density at radius 2 is 1.69 bits per heavy atom. The molecule has 0 aliphatic carbocycles. The Morgan fingerprint density at radius 1 is 1.03 bits per heavy atom. The van der Waals surface area contributed by atoms with E-state index < -0.39 is 6.14 Å². The third-order valence-electron chi connectivity index (χ3n) is 4.82. The van der Waals surface area contributed by atoms with E-state index in [1.54, 1.807) is 12.1 Å².